The second-order valence-electron chi connectivity index (χ2n) is 2.81. The largest absolute Gasteiger partial charge is 1.00 e. The molecule has 0 radical (unpaired) electrons. The van der Waals surface area contributed by atoms with Crippen LogP contribution in [0.2, 0.25) is 0 Å². The fraction of sp³-hybridized carbons (Fsp3) is 0. The number of benzene rings is 1. The van der Waals surface area contributed by atoms with Crippen LogP contribution in [0, 0.1) is 6.42 Å². The first kappa shape index (κ1) is 10.9. The average molecular weight is 175 g/mol. The Morgan fingerprint density at radius 3 is 2.21 bits per heavy atom. The standard InChI is InChI=1S/C12H10N.Li/c1-2-6-11(7-3-1)10-12-8-4-5-9-13-12;/h1-10H;/q-1;+1. The zero-order valence-corrected chi connectivity index (χ0v) is 8.22. The maximum absolute atomic E-state index is 4.22. The van der Waals surface area contributed by atoms with E-state index in [0.717, 1.165) is 5.69 Å². The summed E-state index contributed by atoms with van der Waals surface area (Å²) in [5, 5.41) is 0. The van der Waals surface area contributed by atoms with Crippen molar-refractivity contribution in [2.45, 2.75) is 0 Å². The minimum absolute atomic E-state index is 0. The summed E-state index contributed by atoms with van der Waals surface area (Å²) in [6, 6.07) is 16.1. The Bertz CT molecular complexity index is 321. The van der Waals surface area contributed by atoms with E-state index in [1.165, 1.54) is 5.56 Å². The SMILES string of the molecule is [Li+].c1ccc([CH-]c2ccccn2)cc1. The Labute approximate surface area is 96.4 Å². The van der Waals surface area contributed by atoms with E-state index in [9.17, 15) is 0 Å². The molecule has 1 heterocycles. The van der Waals surface area contributed by atoms with Gasteiger partial charge in [0.1, 0.15) is 0 Å². The summed E-state index contributed by atoms with van der Waals surface area (Å²) in [5.41, 5.74) is 2.18. The summed E-state index contributed by atoms with van der Waals surface area (Å²) in [6.07, 6.45) is 3.86. The van der Waals surface area contributed by atoms with E-state index >= 15 is 0 Å². The summed E-state index contributed by atoms with van der Waals surface area (Å²) >= 11 is 0. The molecule has 0 fully saturated rings. The van der Waals surface area contributed by atoms with Gasteiger partial charge in [-0.05, 0) is 5.69 Å². The Morgan fingerprint density at radius 2 is 1.57 bits per heavy atom. The normalized spacial score (nSPS) is 8.86. The fourth-order valence-corrected chi connectivity index (χ4v) is 1.18. The van der Waals surface area contributed by atoms with Crippen molar-refractivity contribution >= 4 is 0 Å². The van der Waals surface area contributed by atoms with Gasteiger partial charge in [-0.15, -0.1) is 42.3 Å². The summed E-state index contributed by atoms with van der Waals surface area (Å²) in [4.78, 5) is 4.22. The zero-order chi connectivity index (χ0) is 8.93. The third-order valence-electron chi connectivity index (χ3n) is 1.80. The first-order valence-corrected chi connectivity index (χ1v) is 4.26. The quantitative estimate of drug-likeness (QED) is 0.450. The van der Waals surface area contributed by atoms with Crippen molar-refractivity contribution in [1.82, 2.24) is 4.98 Å². The Hall–Kier alpha value is -1.16. The molecule has 14 heavy (non-hydrogen) atoms. The Kier molecular flexibility index (Phi) is 4.32. The van der Waals surface area contributed by atoms with Crippen LogP contribution in [0.4, 0.5) is 0 Å². The molecular weight excluding hydrogens is 165 g/mol. The number of hydrogen-bond acceptors (Lipinski definition) is 1. The summed E-state index contributed by atoms with van der Waals surface area (Å²) in [6.45, 7) is 0. The molecule has 2 heteroatoms. The molecule has 0 aliphatic carbocycles. The third kappa shape index (κ3) is 2.96. The predicted molar refractivity (Wildman–Crippen MR) is 53.2 cm³/mol. The molecule has 0 saturated heterocycles. The van der Waals surface area contributed by atoms with Crippen LogP contribution in [-0.4, -0.2) is 4.98 Å². The molecule has 0 aliphatic heterocycles. The summed E-state index contributed by atoms with van der Waals surface area (Å²) in [7, 11) is 0. The molecule has 0 unspecified atom stereocenters. The third-order valence-corrected chi connectivity index (χ3v) is 1.80. The van der Waals surface area contributed by atoms with E-state index in [1.54, 1.807) is 6.20 Å². The van der Waals surface area contributed by atoms with Crippen molar-refractivity contribution in [3.8, 4) is 0 Å². The monoisotopic (exact) mass is 175 g/mol. The van der Waals surface area contributed by atoms with Crippen molar-refractivity contribution in [2.75, 3.05) is 0 Å². The number of pyridine rings is 1. The smallest absolute Gasteiger partial charge is 0.277 e. The Balaban J connectivity index is 0.000000980. The molecule has 1 aromatic heterocycles. The van der Waals surface area contributed by atoms with Gasteiger partial charge >= 0.3 is 18.9 Å². The van der Waals surface area contributed by atoms with Gasteiger partial charge in [0.25, 0.3) is 0 Å². The van der Waals surface area contributed by atoms with Gasteiger partial charge in [-0.2, -0.15) is 0 Å². The maximum Gasteiger partial charge on any atom is 1.00 e. The molecule has 0 N–H and O–H groups in total. The van der Waals surface area contributed by atoms with Crippen molar-refractivity contribution in [1.29, 1.82) is 0 Å². The molecule has 1 nitrogen and oxygen atoms in total. The van der Waals surface area contributed by atoms with Gasteiger partial charge in [-0.3, -0.25) is 4.98 Å². The maximum atomic E-state index is 4.22. The van der Waals surface area contributed by atoms with Gasteiger partial charge in [0.15, 0.2) is 0 Å². The number of nitrogens with zero attached hydrogens (tertiary/aromatic N) is 1. The van der Waals surface area contributed by atoms with Gasteiger partial charge < -0.3 is 0 Å². The zero-order valence-electron chi connectivity index (χ0n) is 8.22. The fourth-order valence-electron chi connectivity index (χ4n) is 1.18. The van der Waals surface area contributed by atoms with Gasteiger partial charge in [-0.1, -0.05) is 18.2 Å². The molecule has 0 aliphatic rings. The van der Waals surface area contributed by atoms with Gasteiger partial charge in [-0.25, -0.2) is 0 Å². The van der Waals surface area contributed by atoms with Crippen LogP contribution in [0.25, 0.3) is 0 Å². The van der Waals surface area contributed by atoms with E-state index in [1.807, 2.05) is 36.4 Å². The van der Waals surface area contributed by atoms with Crippen molar-refractivity contribution in [2.24, 2.45) is 0 Å². The molecule has 64 valence electrons. The Morgan fingerprint density at radius 1 is 0.857 bits per heavy atom. The van der Waals surface area contributed by atoms with E-state index in [2.05, 4.69) is 23.5 Å². The first-order valence-electron chi connectivity index (χ1n) is 4.26. The molecule has 1 aromatic carbocycles. The minimum Gasteiger partial charge on any atom is -0.277 e. The van der Waals surface area contributed by atoms with Crippen LogP contribution in [0.3, 0.4) is 0 Å². The van der Waals surface area contributed by atoms with E-state index in [-0.39, 0.29) is 18.9 Å². The molecule has 2 aromatic rings. The van der Waals surface area contributed by atoms with Crippen LogP contribution >= 0.6 is 0 Å². The minimum atomic E-state index is 0. The van der Waals surface area contributed by atoms with Crippen molar-refractivity contribution < 1.29 is 18.9 Å². The van der Waals surface area contributed by atoms with E-state index in [4.69, 9.17) is 0 Å². The number of rotatable bonds is 2. The summed E-state index contributed by atoms with van der Waals surface area (Å²) < 4.78 is 0. The van der Waals surface area contributed by atoms with Crippen LogP contribution in [0.15, 0.2) is 54.7 Å². The second kappa shape index (κ2) is 5.54. The average Bonchev–Trinajstić information content (AvgIpc) is 2.21. The molecular formula is C12H10LiN. The van der Waals surface area contributed by atoms with Gasteiger partial charge in [0.05, 0.1) is 0 Å². The van der Waals surface area contributed by atoms with E-state index < -0.39 is 0 Å². The molecule has 0 amide bonds. The number of aromatic nitrogens is 1. The molecule has 0 saturated carbocycles. The van der Waals surface area contributed by atoms with E-state index in [0.29, 0.717) is 0 Å². The predicted octanol–water partition coefficient (Wildman–Crippen LogP) is -0.314. The topological polar surface area (TPSA) is 12.9 Å². The molecule has 0 atom stereocenters. The van der Waals surface area contributed by atoms with Crippen LogP contribution in [0.5, 0.6) is 0 Å². The van der Waals surface area contributed by atoms with Crippen molar-refractivity contribution in [3.05, 3.63) is 72.4 Å². The van der Waals surface area contributed by atoms with Gasteiger partial charge in [0, 0.05) is 6.20 Å². The molecule has 0 spiro atoms. The van der Waals surface area contributed by atoms with Crippen LogP contribution < -0.4 is 18.9 Å². The second-order valence-corrected chi connectivity index (χ2v) is 2.81. The molecule has 0 bridgehead atoms. The molecule has 2 rings (SSSR count). The van der Waals surface area contributed by atoms with Gasteiger partial charge in [0.2, 0.25) is 0 Å². The van der Waals surface area contributed by atoms with Crippen molar-refractivity contribution in [3.63, 3.8) is 0 Å². The van der Waals surface area contributed by atoms with Crippen LogP contribution in [0.1, 0.15) is 11.3 Å². The summed E-state index contributed by atoms with van der Waals surface area (Å²) in [5.74, 6) is 0. The first-order chi connectivity index (χ1) is 6.45. The number of hydrogen-bond donors (Lipinski definition) is 0. The van der Waals surface area contributed by atoms with Crippen LogP contribution in [-0.2, 0) is 0 Å².